The lowest BCUT2D eigenvalue weighted by molar-refractivity contribution is 0.0401. The monoisotopic (exact) mass is 246 g/mol. The summed E-state index contributed by atoms with van der Waals surface area (Å²) in [6, 6.07) is 0. The van der Waals surface area contributed by atoms with Gasteiger partial charge in [-0.2, -0.15) is 0 Å². The van der Waals surface area contributed by atoms with Crippen LogP contribution in [0.5, 0.6) is 0 Å². The van der Waals surface area contributed by atoms with Crippen molar-refractivity contribution in [2.24, 2.45) is 0 Å². The topological polar surface area (TPSA) is 49.7 Å². The number of alkyl halides is 1. The molecule has 0 fully saturated rings. The summed E-state index contributed by atoms with van der Waals surface area (Å²) in [5.74, 6) is 0. The molecule has 0 aromatic carbocycles. The zero-order chi connectivity index (χ0) is 7.28. The maximum Gasteiger partial charge on any atom is 0.0941 e. The molecule has 0 aliphatic heterocycles. The minimum absolute atomic E-state index is 0.0161. The van der Waals surface area contributed by atoms with Gasteiger partial charge in [-0.15, -0.1) is 0 Å². The predicted molar refractivity (Wildman–Crippen MR) is 42.8 cm³/mol. The van der Waals surface area contributed by atoms with Crippen LogP contribution >= 0.6 is 22.6 Å². The van der Waals surface area contributed by atoms with Gasteiger partial charge in [0.05, 0.1) is 23.2 Å². The summed E-state index contributed by atoms with van der Waals surface area (Å²) in [7, 11) is 1.52. The smallest absolute Gasteiger partial charge is 0.0941 e. The number of halogens is 1. The molecule has 56 valence electrons. The Hall–Kier alpha value is 0.610. The third-order valence-electron chi connectivity index (χ3n) is 1.06. The first-order valence-electron chi connectivity index (χ1n) is 2.64. The van der Waals surface area contributed by atoms with E-state index in [1.807, 2.05) is 22.6 Å². The molecule has 0 unspecified atom stereocenters. The Bertz CT molecular complexity index is 65.2. The highest BCUT2D eigenvalue weighted by atomic mass is 127. The molecular formula is C5H11IO3. The van der Waals surface area contributed by atoms with Gasteiger partial charge in [0, 0.05) is 7.11 Å². The first kappa shape index (κ1) is 9.61. The van der Waals surface area contributed by atoms with E-state index in [0.29, 0.717) is 0 Å². The lowest BCUT2D eigenvalue weighted by Gasteiger charge is -2.15. The van der Waals surface area contributed by atoms with Gasteiger partial charge < -0.3 is 14.9 Å². The number of rotatable bonds is 4. The van der Waals surface area contributed by atoms with E-state index in [9.17, 15) is 0 Å². The largest absolute Gasteiger partial charge is 0.395 e. The van der Waals surface area contributed by atoms with Gasteiger partial charge in [-0.05, 0) is 0 Å². The van der Waals surface area contributed by atoms with E-state index in [1.165, 1.54) is 7.11 Å². The highest BCUT2D eigenvalue weighted by molar-refractivity contribution is 14.1. The number of hydrogen-bond donors (Lipinski definition) is 2. The fourth-order valence-corrected chi connectivity index (χ4v) is 0.975. The molecule has 0 aromatic heterocycles. The van der Waals surface area contributed by atoms with Crippen molar-refractivity contribution >= 4 is 22.6 Å². The van der Waals surface area contributed by atoms with Crippen molar-refractivity contribution in [3.8, 4) is 0 Å². The molecule has 0 aliphatic carbocycles. The molecule has 0 amide bonds. The second kappa shape index (κ2) is 5.40. The first-order chi connectivity index (χ1) is 4.26. The average Bonchev–Trinajstić information content (AvgIpc) is 1.90. The van der Waals surface area contributed by atoms with Crippen molar-refractivity contribution in [1.82, 2.24) is 0 Å². The molecule has 2 N–H and O–H groups in total. The third-order valence-corrected chi connectivity index (χ3v) is 2.26. The van der Waals surface area contributed by atoms with Crippen molar-refractivity contribution < 1.29 is 14.9 Å². The predicted octanol–water partition coefficient (Wildman–Crippen LogP) is -0.210. The Balaban J connectivity index is 3.50. The van der Waals surface area contributed by atoms with E-state index in [2.05, 4.69) is 0 Å². The van der Waals surface area contributed by atoms with Gasteiger partial charge in [0.25, 0.3) is 0 Å². The van der Waals surface area contributed by atoms with Crippen LogP contribution in [0.25, 0.3) is 0 Å². The van der Waals surface area contributed by atoms with E-state index in [0.717, 1.165) is 0 Å². The summed E-state index contributed by atoms with van der Waals surface area (Å²) in [5.41, 5.74) is 0. The van der Waals surface area contributed by atoms with Gasteiger partial charge in [-0.25, -0.2) is 0 Å². The highest BCUT2D eigenvalue weighted by Crippen LogP contribution is 2.07. The van der Waals surface area contributed by atoms with E-state index < -0.39 is 0 Å². The molecule has 0 rings (SSSR count). The van der Waals surface area contributed by atoms with E-state index >= 15 is 0 Å². The highest BCUT2D eigenvalue weighted by Gasteiger charge is 2.15. The summed E-state index contributed by atoms with van der Waals surface area (Å²) in [6.07, 6.45) is -0.240. The quantitative estimate of drug-likeness (QED) is 0.533. The third kappa shape index (κ3) is 3.34. The van der Waals surface area contributed by atoms with Crippen LogP contribution < -0.4 is 0 Å². The molecule has 0 heterocycles. The fourth-order valence-electron chi connectivity index (χ4n) is 0.454. The van der Waals surface area contributed by atoms with Crippen LogP contribution in [0.2, 0.25) is 0 Å². The van der Waals surface area contributed by atoms with Crippen LogP contribution in [0.3, 0.4) is 0 Å². The summed E-state index contributed by atoms with van der Waals surface area (Å²) >= 11 is 2.03. The standard InChI is InChI=1S/C5H11IO3/c1-9-5(3-8)4(6)2-7/h4-5,7-8H,2-3H2,1H3/t4-,5+/m1/s1. The molecule has 0 saturated heterocycles. The van der Waals surface area contributed by atoms with Crippen LogP contribution in [-0.2, 0) is 4.74 Å². The van der Waals surface area contributed by atoms with Crippen LogP contribution in [0.4, 0.5) is 0 Å². The lowest BCUT2D eigenvalue weighted by Crippen LogP contribution is -2.29. The van der Waals surface area contributed by atoms with Crippen LogP contribution in [0, 0.1) is 0 Å². The van der Waals surface area contributed by atoms with Gasteiger partial charge >= 0.3 is 0 Å². The zero-order valence-electron chi connectivity index (χ0n) is 5.25. The molecule has 0 radical (unpaired) electrons. The summed E-state index contributed by atoms with van der Waals surface area (Å²) in [6.45, 7) is 0.00426. The van der Waals surface area contributed by atoms with Gasteiger partial charge in [0.15, 0.2) is 0 Å². The minimum Gasteiger partial charge on any atom is -0.395 e. The number of methoxy groups -OCH3 is 1. The van der Waals surface area contributed by atoms with Gasteiger partial charge in [-0.3, -0.25) is 0 Å². The first-order valence-corrected chi connectivity index (χ1v) is 3.89. The van der Waals surface area contributed by atoms with E-state index in [1.54, 1.807) is 0 Å². The Labute approximate surface area is 68.2 Å². The van der Waals surface area contributed by atoms with Gasteiger partial charge in [0.2, 0.25) is 0 Å². The molecule has 0 aromatic rings. The molecule has 0 spiro atoms. The molecule has 4 heteroatoms. The Morgan fingerprint density at radius 1 is 1.44 bits per heavy atom. The van der Waals surface area contributed by atoms with Gasteiger partial charge in [0.1, 0.15) is 0 Å². The number of aliphatic hydroxyl groups excluding tert-OH is 2. The Kier molecular flexibility index (Phi) is 5.77. The fraction of sp³-hybridized carbons (Fsp3) is 1.00. The molecule has 9 heavy (non-hydrogen) atoms. The Morgan fingerprint density at radius 3 is 2.11 bits per heavy atom. The lowest BCUT2D eigenvalue weighted by atomic mass is 10.3. The molecule has 0 saturated carbocycles. The molecule has 3 nitrogen and oxygen atoms in total. The van der Waals surface area contributed by atoms with Gasteiger partial charge in [-0.1, -0.05) is 22.6 Å². The summed E-state index contributed by atoms with van der Waals surface area (Å²) in [4.78, 5) is 0. The maximum atomic E-state index is 8.59. The van der Waals surface area contributed by atoms with Crippen molar-refractivity contribution in [3.05, 3.63) is 0 Å². The second-order valence-electron chi connectivity index (χ2n) is 1.66. The molecular weight excluding hydrogens is 235 g/mol. The molecule has 0 aliphatic rings. The second-order valence-corrected chi connectivity index (χ2v) is 3.26. The van der Waals surface area contributed by atoms with Crippen molar-refractivity contribution in [1.29, 1.82) is 0 Å². The van der Waals surface area contributed by atoms with Crippen LogP contribution in [0.15, 0.2) is 0 Å². The average molecular weight is 246 g/mol. The van der Waals surface area contributed by atoms with Crippen molar-refractivity contribution in [2.75, 3.05) is 20.3 Å². The van der Waals surface area contributed by atoms with Crippen molar-refractivity contribution in [3.63, 3.8) is 0 Å². The van der Waals surface area contributed by atoms with Crippen LogP contribution in [0.1, 0.15) is 0 Å². The normalized spacial score (nSPS) is 17.3. The Morgan fingerprint density at radius 2 is 2.00 bits per heavy atom. The minimum atomic E-state index is -0.240. The number of aliphatic hydroxyl groups is 2. The van der Waals surface area contributed by atoms with Crippen molar-refractivity contribution in [2.45, 2.75) is 10.0 Å². The van der Waals surface area contributed by atoms with E-state index in [4.69, 9.17) is 14.9 Å². The summed E-state index contributed by atoms with van der Waals surface area (Å²) < 4.78 is 4.82. The molecule has 0 bridgehead atoms. The molecule has 2 atom stereocenters. The maximum absolute atomic E-state index is 8.59. The zero-order valence-corrected chi connectivity index (χ0v) is 7.41. The summed E-state index contributed by atoms with van der Waals surface area (Å²) in [5, 5.41) is 17.2. The van der Waals surface area contributed by atoms with Crippen LogP contribution in [-0.4, -0.2) is 40.6 Å². The number of hydrogen-bond acceptors (Lipinski definition) is 3. The van der Waals surface area contributed by atoms with E-state index in [-0.39, 0.29) is 23.2 Å². The number of ether oxygens (including phenoxy) is 1. The SMILES string of the molecule is CO[C@@H](CO)[C@H](I)CO.